The summed E-state index contributed by atoms with van der Waals surface area (Å²) in [7, 11) is 0. The van der Waals surface area contributed by atoms with E-state index in [9.17, 15) is 0 Å². The van der Waals surface area contributed by atoms with Crippen LogP contribution in [0.15, 0.2) is 12.4 Å². The zero-order valence-corrected chi connectivity index (χ0v) is 10.1. The Bertz CT molecular complexity index is 248. The Hall–Kier alpha value is -0.390. The molecule has 1 unspecified atom stereocenters. The van der Waals surface area contributed by atoms with Gasteiger partial charge < -0.3 is 5.32 Å². The number of anilines is 1. The van der Waals surface area contributed by atoms with Crippen molar-refractivity contribution in [3.8, 4) is 0 Å². The van der Waals surface area contributed by atoms with Gasteiger partial charge in [-0.15, -0.1) is 0 Å². The van der Waals surface area contributed by atoms with Gasteiger partial charge in [0, 0.05) is 22.5 Å². The van der Waals surface area contributed by atoms with E-state index in [2.05, 4.69) is 51.7 Å². The number of nitrogens with zero attached hydrogens (tertiary/aromatic N) is 2. The lowest BCUT2D eigenvalue weighted by molar-refractivity contribution is 0.591. The fourth-order valence-electron chi connectivity index (χ4n) is 0.813. The number of nitrogens with one attached hydrogen (secondary N) is 1. The van der Waals surface area contributed by atoms with Crippen molar-refractivity contribution in [1.29, 1.82) is 0 Å². The maximum atomic E-state index is 4.15. The van der Waals surface area contributed by atoms with Gasteiger partial charge in [0.2, 0.25) is 5.95 Å². The summed E-state index contributed by atoms with van der Waals surface area (Å²) in [5.41, 5.74) is 0. The maximum Gasteiger partial charge on any atom is 0.222 e. The van der Waals surface area contributed by atoms with Crippen molar-refractivity contribution in [2.24, 2.45) is 5.92 Å². The molecule has 72 valence electrons. The minimum absolute atomic E-state index is 0.669. The first-order valence-electron chi connectivity index (χ1n) is 4.43. The van der Waals surface area contributed by atoms with E-state index in [1.54, 1.807) is 0 Å². The topological polar surface area (TPSA) is 37.8 Å². The van der Waals surface area contributed by atoms with Crippen molar-refractivity contribution < 1.29 is 0 Å². The molecule has 1 aromatic heterocycles. The van der Waals surface area contributed by atoms with Crippen LogP contribution in [-0.4, -0.2) is 16.5 Å². The molecule has 0 aliphatic rings. The average molecular weight is 291 g/mol. The van der Waals surface area contributed by atoms with Gasteiger partial charge in [0.05, 0.1) is 0 Å². The molecule has 0 spiro atoms. The van der Waals surface area contributed by atoms with E-state index < -0.39 is 0 Å². The monoisotopic (exact) mass is 291 g/mol. The molecule has 1 N–H and O–H groups in total. The molecule has 0 aliphatic heterocycles. The van der Waals surface area contributed by atoms with Gasteiger partial charge in [-0.05, 0) is 28.5 Å². The second-order valence-electron chi connectivity index (χ2n) is 3.12. The standard InChI is InChI=1S/C9H14IN3/c1-3-7(2)4-11-9-12-5-8(10)6-13-9/h5-7H,3-4H2,1-2H3,(H,11,12,13). The van der Waals surface area contributed by atoms with Crippen molar-refractivity contribution in [3.05, 3.63) is 16.0 Å². The van der Waals surface area contributed by atoms with Crippen LogP contribution in [0, 0.1) is 9.49 Å². The Morgan fingerprint density at radius 3 is 2.62 bits per heavy atom. The van der Waals surface area contributed by atoms with Crippen molar-refractivity contribution in [1.82, 2.24) is 9.97 Å². The van der Waals surface area contributed by atoms with E-state index >= 15 is 0 Å². The Kier molecular flexibility index (Phi) is 4.41. The number of halogens is 1. The molecule has 1 atom stereocenters. The van der Waals surface area contributed by atoms with Crippen molar-refractivity contribution >= 4 is 28.5 Å². The Morgan fingerprint density at radius 1 is 1.46 bits per heavy atom. The summed E-state index contributed by atoms with van der Waals surface area (Å²) in [6, 6.07) is 0. The predicted molar refractivity (Wildman–Crippen MR) is 62.7 cm³/mol. The first-order chi connectivity index (χ1) is 6.22. The van der Waals surface area contributed by atoms with Crippen LogP contribution in [0.4, 0.5) is 5.95 Å². The largest absolute Gasteiger partial charge is 0.354 e. The van der Waals surface area contributed by atoms with Gasteiger partial charge >= 0.3 is 0 Å². The van der Waals surface area contributed by atoms with Crippen LogP contribution < -0.4 is 5.32 Å². The molecule has 4 heteroatoms. The zero-order valence-electron chi connectivity index (χ0n) is 7.92. The molecule has 13 heavy (non-hydrogen) atoms. The Morgan fingerprint density at radius 2 is 2.08 bits per heavy atom. The molecule has 0 fully saturated rings. The third-order valence-electron chi connectivity index (χ3n) is 1.93. The Balaban J connectivity index is 2.41. The third kappa shape index (κ3) is 3.89. The van der Waals surface area contributed by atoms with Gasteiger partial charge in [0.15, 0.2) is 0 Å². The van der Waals surface area contributed by atoms with Gasteiger partial charge in [-0.3, -0.25) is 0 Å². The SMILES string of the molecule is CCC(C)CNc1ncc(I)cn1. The minimum Gasteiger partial charge on any atom is -0.354 e. The molecule has 1 rings (SSSR count). The molecule has 1 heterocycles. The number of hydrogen-bond donors (Lipinski definition) is 1. The second-order valence-corrected chi connectivity index (χ2v) is 4.36. The molecule has 3 nitrogen and oxygen atoms in total. The molecule has 0 amide bonds. The smallest absolute Gasteiger partial charge is 0.222 e. The van der Waals surface area contributed by atoms with Crippen molar-refractivity contribution in [2.75, 3.05) is 11.9 Å². The number of hydrogen-bond acceptors (Lipinski definition) is 3. The summed E-state index contributed by atoms with van der Waals surface area (Å²) in [6.07, 6.45) is 4.80. The molecular formula is C9H14IN3. The van der Waals surface area contributed by atoms with E-state index in [1.165, 1.54) is 6.42 Å². The van der Waals surface area contributed by atoms with Crippen molar-refractivity contribution in [2.45, 2.75) is 20.3 Å². The van der Waals surface area contributed by atoms with Crippen LogP contribution in [-0.2, 0) is 0 Å². The highest BCUT2D eigenvalue weighted by Crippen LogP contribution is 2.05. The highest BCUT2D eigenvalue weighted by molar-refractivity contribution is 14.1. The van der Waals surface area contributed by atoms with E-state index in [0.717, 1.165) is 16.1 Å². The quantitative estimate of drug-likeness (QED) is 0.866. The summed E-state index contributed by atoms with van der Waals surface area (Å²) >= 11 is 2.19. The van der Waals surface area contributed by atoms with Crippen LogP contribution in [0.1, 0.15) is 20.3 Å². The van der Waals surface area contributed by atoms with E-state index in [-0.39, 0.29) is 0 Å². The zero-order chi connectivity index (χ0) is 9.68. The molecule has 0 bridgehead atoms. The van der Waals surface area contributed by atoms with E-state index in [1.807, 2.05) is 12.4 Å². The molecule has 0 aliphatic carbocycles. The lowest BCUT2D eigenvalue weighted by Gasteiger charge is -2.09. The molecule has 1 aromatic rings. The highest BCUT2D eigenvalue weighted by atomic mass is 127. The predicted octanol–water partition coefficient (Wildman–Crippen LogP) is 2.54. The summed E-state index contributed by atoms with van der Waals surface area (Å²) in [5.74, 6) is 1.39. The maximum absolute atomic E-state index is 4.15. The van der Waals surface area contributed by atoms with E-state index in [0.29, 0.717) is 5.92 Å². The minimum atomic E-state index is 0.669. The van der Waals surface area contributed by atoms with Crippen LogP contribution in [0.5, 0.6) is 0 Å². The van der Waals surface area contributed by atoms with Crippen LogP contribution in [0.25, 0.3) is 0 Å². The van der Waals surface area contributed by atoms with Gasteiger partial charge in [-0.1, -0.05) is 20.3 Å². The Labute approximate surface area is 92.5 Å². The summed E-state index contributed by atoms with van der Waals surface area (Å²) in [5, 5.41) is 3.20. The second kappa shape index (κ2) is 5.36. The fraction of sp³-hybridized carbons (Fsp3) is 0.556. The van der Waals surface area contributed by atoms with Crippen LogP contribution >= 0.6 is 22.6 Å². The summed E-state index contributed by atoms with van der Waals surface area (Å²) < 4.78 is 1.06. The number of aromatic nitrogens is 2. The lowest BCUT2D eigenvalue weighted by Crippen LogP contribution is -2.12. The normalized spacial score (nSPS) is 12.5. The lowest BCUT2D eigenvalue weighted by atomic mass is 10.1. The molecular weight excluding hydrogens is 277 g/mol. The van der Waals surface area contributed by atoms with Crippen LogP contribution in [0.2, 0.25) is 0 Å². The highest BCUT2D eigenvalue weighted by Gasteiger charge is 1.99. The average Bonchev–Trinajstić information content (AvgIpc) is 2.16. The fourth-order valence-corrected chi connectivity index (χ4v) is 1.09. The van der Waals surface area contributed by atoms with Gasteiger partial charge in [0.1, 0.15) is 0 Å². The number of rotatable bonds is 4. The van der Waals surface area contributed by atoms with Crippen molar-refractivity contribution in [3.63, 3.8) is 0 Å². The summed E-state index contributed by atoms with van der Waals surface area (Å²) in [4.78, 5) is 8.31. The van der Waals surface area contributed by atoms with Gasteiger partial charge in [-0.25, -0.2) is 9.97 Å². The van der Waals surface area contributed by atoms with Crippen LogP contribution in [0.3, 0.4) is 0 Å². The van der Waals surface area contributed by atoms with E-state index in [4.69, 9.17) is 0 Å². The summed E-state index contributed by atoms with van der Waals surface area (Å²) in [6.45, 7) is 5.33. The molecule has 0 radical (unpaired) electrons. The first kappa shape index (κ1) is 10.7. The van der Waals surface area contributed by atoms with Gasteiger partial charge in [-0.2, -0.15) is 0 Å². The molecule has 0 saturated carbocycles. The molecule has 0 aromatic carbocycles. The third-order valence-corrected chi connectivity index (χ3v) is 2.48. The molecule has 0 saturated heterocycles. The van der Waals surface area contributed by atoms with Gasteiger partial charge in [0.25, 0.3) is 0 Å². The first-order valence-corrected chi connectivity index (χ1v) is 5.51.